The normalized spacial score (nSPS) is 13.3. The van der Waals surface area contributed by atoms with Crippen molar-refractivity contribution in [2.45, 2.75) is 45.9 Å². The molecule has 1 unspecified atom stereocenters. The summed E-state index contributed by atoms with van der Waals surface area (Å²) >= 11 is 1.89. The van der Waals surface area contributed by atoms with E-state index in [-0.39, 0.29) is 0 Å². The SMILES string of the molecule is COCCN(Cc1ccc(CNC(C)C)s1)C(C)COC. The molecule has 0 fully saturated rings. The van der Waals surface area contributed by atoms with Crippen LogP contribution in [0.5, 0.6) is 0 Å². The van der Waals surface area contributed by atoms with Crippen molar-refractivity contribution in [3.05, 3.63) is 21.9 Å². The van der Waals surface area contributed by atoms with Crippen LogP contribution in [0.25, 0.3) is 0 Å². The maximum Gasteiger partial charge on any atom is 0.0615 e. The highest BCUT2D eigenvalue weighted by molar-refractivity contribution is 7.11. The molecule has 1 heterocycles. The summed E-state index contributed by atoms with van der Waals surface area (Å²) in [5.41, 5.74) is 0. The third-order valence-electron chi connectivity index (χ3n) is 3.37. The zero-order valence-corrected chi connectivity index (χ0v) is 14.8. The van der Waals surface area contributed by atoms with Crippen LogP contribution in [0.15, 0.2) is 12.1 Å². The molecule has 122 valence electrons. The number of methoxy groups -OCH3 is 2. The Hall–Kier alpha value is -0.460. The summed E-state index contributed by atoms with van der Waals surface area (Å²) in [6.45, 7) is 10.9. The number of nitrogens with zero attached hydrogens (tertiary/aromatic N) is 1. The minimum Gasteiger partial charge on any atom is -0.383 e. The van der Waals surface area contributed by atoms with E-state index in [1.165, 1.54) is 9.75 Å². The summed E-state index contributed by atoms with van der Waals surface area (Å²) < 4.78 is 10.5. The zero-order chi connectivity index (χ0) is 15.7. The Balaban J connectivity index is 2.56. The van der Waals surface area contributed by atoms with E-state index in [9.17, 15) is 0 Å². The summed E-state index contributed by atoms with van der Waals surface area (Å²) in [4.78, 5) is 5.21. The average Bonchev–Trinajstić information content (AvgIpc) is 2.89. The van der Waals surface area contributed by atoms with Gasteiger partial charge in [0.05, 0.1) is 13.2 Å². The van der Waals surface area contributed by atoms with Gasteiger partial charge in [-0.1, -0.05) is 13.8 Å². The molecule has 0 radical (unpaired) electrons. The lowest BCUT2D eigenvalue weighted by Crippen LogP contribution is -2.37. The van der Waals surface area contributed by atoms with E-state index >= 15 is 0 Å². The number of rotatable bonds is 11. The first-order valence-corrected chi connectivity index (χ1v) is 8.41. The van der Waals surface area contributed by atoms with Crippen molar-refractivity contribution in [1.82, 2.24) is 10.2 Å². The third kappa shape index (κ3) is 7.38. The van der Waals surface area contributed by atoms with Crippen molar-refractivity contribution in [2.75, 3.05) is 34.0 Å². The van der Waals surface area contributed by atoms with Crippen LogP contribution in [0.3, 0.4) is 0 Å². The monoisotopic (exact) mass is 314 g/mol. The molecule has 1 atom stereocenters. The summed E-state index contributed by atoms with van der Waals surface area (Å²) in [7, 11) is 3.51. The van der Waals surface area contributed by atoms with Gasteiger partial charge >= 0.3 is 0 Å². The molecular formula is C16H30N2O2S. The fourth-order valence-electron chi connectivity index (χ4n) is 2.12. The molecule has 1 N–H and O–H groups in total. The van der Waals surface area contributed by atoms with Crippen molar-refractivity contribution in [3.8, 4) is 0 Å². The Morgan fingerprint density at radius 1 is 1.14 bits per heavy atom. The van der Waals surface area contributed by atoms with Crippen LogP contribution in [-0.2, 0) is 22.6 Å². The number of hydrogen-bond acceptors (Lipinski definition) is 5. The van der Waals surface area contributed by atoms with Gasteiger partial charge in [-0.15, -0.1) is 11.3 Å². The number of nitrogens with one attached hydrogen (secondary N) is 1. The highest BCUT2D eigenvalue weighted by atomic mass is 32.1. The third-order valence-corrected chi connectivity index (χ3v) is 4.44. The van der Waals surface area contributed by atoms with Gasteiger partial charge in [0, 0.05) is 55.7 Å². The van der Waals surface area contributed by atoms with Crippen molar-refractivity contribution in [1.29, 1.82) is 0 Å². The Bertz CT molecular complexity index is 382. The fraction of sp³-hybridized carbons (Fsp3) is 0.750. The van der Waals surface area contributed by atoms with E-state index in [4.69, 9.17) is 9.47 Å². The lowest BCUT2D eigenvalue weighted by molar-refractivity contribution is 0.0711. The van der Waals surface area contributed by atoms with E-state index in [1.54, 1.807) is 14.2 Å². The van der Waals surface area contributed by atoms with E-state index in [0.717, 1.165) is 32.8 Å². The smallest absolute Gasteiger partial charge is 0.0615 e. The van der Waals surface area contributed by atoms with Gasteiger partial charge in [0.25, 0.3) is 0 Å². The standard InChI is InChI=1S/C16H30N2O2S/c1-13(2)17-10-15-6-7-16(21-15)11-18(8-9-19-4)14(3)12-20-5/h6-7,13-14,17H,8-12H2,1-5H3. The molecule has 21 heavy (non-hydrogen) atoms. The molecule has 0 amide bonds. The maximum atomic E-state index is 5.28. The average molecular weight is 314 g/mol. The van der Waals surface area contributed by atoms with Gasteiger partial charge in [0.1, 0.15) is 0 Å². The van der Waals surface area contributed by atoms with E-state index < -0.39 is 0 Å². The topological polar surface area (TPSA) is 33.7 Å². The van der Waals surface area contributed by atoms with Gasteiger partial charge in [-0.3, -0.25) is 4.90 Å². The number of thiophene rings is 1. The van der Waals surface area contributed by atoms with Gasteiger partial charge in [0.2, 0.25) is 0 Å². The van der Waals surface area contributed by atoms with Crippen molar-refractivity contribution < 1.29 is 9.47 Å². The predicted octanol–water partition coefficient (Wildman–Crippen LogP) is 2.73. The quantitative estimate of drug-likeness (QED) is 0.681. The molecule has 4 nitrogen and oxygen atoms in total. The van der Waals surface area contributed by atoms with Crippen LogP contribution in [-0.4, -0.2) is 51.0 Å². The van der Waals surface area contributed by atoms with Crippen LogP contribution in [0, 0.1) is 0 Å². The Kier molecular flexibility index (Phi) is 9.11. The second kappa shape index (κ2) is 10.3. The number of hydrogen-bond donors (Lipinski definition) is 1. The fourth-order valence-corrected chi connectivity index (χ4v) is 3.11. The molecule has 0 spiro atoms. The van der Waals surface area contributed by atoms with Crippen LogP contribution < -0.4 is 5.32 Å². The molecule has 1 aromatic heterocycles. The lowest BCUT2D eigenvalue weighted by Gasteiger charge is -2.27. The highest BCUT2D eigenvalue weighted by Gasteiger charge is 2.15. The van der Waals surface area contributed by atoms with Gasteiger partial charge in [-0.25, -0.2) is 0 Å². The first kappa shape index (κ1) is 18.6. The Labute approximate surface area is 133 Å². The maximum absolute atomic E-state index is 5.28. The first-order valence-electron chi connectivity index (χ1n) is 7.59. The minimum atomic E-state index is 0.393. The van der Waals surface area contributed by atoms with Crippen LogP contribution in [0.4, 0.5) is 0 Å². The molecule has 0 saturated heterocycles. The van der Waals surface area contributed by atoms with Gasteiger partial charge in [-0.05, 0) is 19.1 Å². The van der Waals surface area contributed by atoms with Gasteiger partial charge in [-0.2, -0.15) is 0 Å². The van der Waals surface area contributed by atoms with Gasteiger partial charge < -0.3 is 14.8 Å². The molecule has 0 aliphatic carbocycles. The van der Waals surface area contributed by atoms with E-state index in [2.05, 4.69) is 43.1 Å². The molecule has 0 aromatic carbocycles. The molecule has 5 heteroatoms. The second-order valence-electron chi connectivity index (χ2n) is 5.67. The zero-order valence-electron chi connectivity index (χ0n) is 14.0. The van der Waals surface area contributed by atoms with Crippen LogP contribution in [0.2, 0.25) is 0 Å². The summed E-state index contributed by atoms with van der Waals surface area (Å²) in [6.07, 6.45) is 0. The van der Waals surface area contributed by atoms with Gasteiger partial charge in [0.15, 0.2) is 0 Å². The van der Waals surface area contributed by atoms with Crippen LogP contribution in [0.1, 0.15) is 30.5 Å². The van der Waals surface area contributed by atoms with Crippen molar-refractivity contribution in [2.24, 2.45) is 0 Å². The van der Waals surface area contributed by atoms with Crippen molar-refractivity contribution >= 4 is 11.3 Å². The predicted molar refractivity (Wildman–Crippen MR) is 89.9 cm³/mol. The molecule has 1 rings (SSSR count). The molecule has 0 aliphatic heterocycles. The molecule has 0 aliphatic rings. The molecule has 0 bridgehead atoms. The summed E-state index contributed by atoms with van der Waals surface area (Å²) in [5, 5.41) is 3.46. The lowest BCUT2D eigenvalue weighted by atomic mass is 10.2. The minimum absolute atomic E-state index is 0.393. The Morgan fingerprint density at radius 2 is 1.86 bits per heavy atom. The highest BCUT2D eigenvalue weighted by Crippen LogP contribution is 2.19. The largest absolute Gasteiger partial charge is 0.383 e. The first-order chi connectivity index (χ1) is 10.1. The van der Waals surface area contributed by atoms with Crippen LogP contribution >= 0.6 is 11.3 Å². The van der Waals surface area contributed by atoms with Crippen molar-refractivity contribution in [3.63, 3.8) is 0 Å². The molecule has 0 saturated carbocycles. The van der Waals surface area contributed by atoms with E-state index in [1.807, 2.05) is 11.3 Å². The number of ether oxygens (including phenoxy) is 2. The van der Waals surface area contributed by atoms with E-state index in [0.29, 0.717) is 12.1 Å². The molecule has 1 aromatic rings. The molecular weight excluding hydrogens is 284 g/mol. The second-order valence-corrected chi connectivity index (χ2v) is 6.92. The summed E-state index contributed by atoms with van der Waals surface area (Å²) in [6, 6.07) is 5.38. The summed E-state index contributed by atoms with van der Waals surface area (Å²) in [5.74, 6) is 0. The Morgan fingerprint density at radius 3 is 2.48 bits per heavy atom.